The maximum atomic E-state index is 12.4. The first-order chi connectivity index (χ1) is 8.99. The molecule has 0 aliphatic carbocycles. The lowest BCUT2D eigenvalue weighted by molar-refractivity contribution is 0.0762. The molecule has 102 valence electrons. The molecule has 0 N–H and O–H groups in total. The molecule has 19 heavy (non-hydrogen) atoms. The van der Waals surface area contributed by atoms with Gasteiger partial charge in [-0.2, -0.15) is 0 Å². The van der Waals surface area contributed by atoms with E-state index in [9.17, 15) is 4.79 Å². The van der Waals surface area contributed by atoms with Gasteiger partial charge in [-0.1, -0.05) is 37.1 Å². The number of aromatic nitrogens is 2. The van der Waals surface area contributed by atoms with E-state index in [4.69, 9.17) is 11.6 Å². The van der Waals surface area contributed by atoms with Crippen molar-refractivity contribution in [2.75, 3.05) is 13.1 Å². The Morgan fingerprint density at radius 2 is 2.21 bits per heavy atom. The van der Waals surface area contributed by atoms with Gasteiger partial charge in [0.05, 0.1) is 11.2 Å². The first kappa shape index (κ1) is 14.0. The maximum absolute atomic E-state index is 12.4. The third-order valence-corrected chi connectivity index (χ3v) is 3.48. The van der Waals surface area contributed by atoms with Crippen molar-refractivity contribution in [2.24, 2.45) is 0 Å². The minimum absolute atomic E-state index is 0.113. The van der Waals surface area contributed by atoms with Gasteiger partial charge >= 0.3 is 0 Å². The topological polar surface area (TPSA) is 46.1 Å². The van der Waals surface area contributed by atoms with Crippen molar-refractivity contribution in [3.8, 4) is 0 Å². The summed E-state index contributed by atoms with van der Waals surface area (Å²) in [6.07, 6.45) is 4.49. The van der Waals surface area contributed by atoms with Crippen LogP contribution >= 0.6 is 11.6 Å². The predicted octanol–water partition coefficient (Wildman–Crippen LogP) is 3.05. The average Bonchev–Trinajstić information content (AvgIpc) is 2.39. The molecule has 0 saturated heterocycles. The molecule has 1 aromatic rings. The minimum atomic E-state index is -0.113. The first-order valence-electron chi connectivity index (χ1n) is 6.46. The molecule has 0 fully saturated rings. The van der Waals surface area contributed by atoms with Crippen LogP contribution in [0, 0.1) is 0 Å². The number of rotatable bonds is 2. The van der Waals surface area contributed by atoms with Gasteiger partial charge in [-0.25, -0.2) is 9.97 Å². The zero-order valence-corrected chi connectivity index (χ0v) is 12.2. The van der Waals surface area contributed by atoms with Crippen molar-refractivity contribution < 1.29 is 4.79 Å². The highest BCUT2D eigenvalue weighted by Gasteiger charge is 2.22. The molecule has 0 atom stereocenters. The van der Waals surface area contributed by atoms with Gasteiger partial charge in [0.2, 0.25) is 0 Å². The summed E-state index contributed by atoms with van der Waals surface area (Å²) in [5, 5.41) is 0.320. The molecule has 1 aliphatic rings. The molecule has 0 unspecified atom stereocenters. The van der Waals surface area contributed by atoms with E-state index in [0.717, 1.165) is 13.0 Å². The molecule has 0 bridgehead atoms. The van der Waals surface area contributed by atoms with Crippen LogP contribution < -0.4 is 0 Å². The summed E-state index contributed by atoms with van der Waals surface area (Å²) in [6, 6.07) is 0. The second kappa shape index (κ2) is 5.70. The smallest absolute Gasteiger partial charge is 0.274 e. The normalized spacial score (nSPS) is 15.6. The molecule has 2 heterocycles. The molecular weight excluding hydrogens is 262 g/mol. The minimum Gasteiger partial charge on any atom is -0.333 e. The number of nitrogens with zero attached hydrogens (tertiary/aromatic N) is 3. The number of hydrogen-bond acceptors (Lipinski definition) is 3. The molecule has 0 radical (unpaired) electrons. The van der Waals surface area contributed by atoms with Gasteiger partial charge in [0.1, 0.15) is 5.82 Å². The van der Waals surface area contributed by atoms with Crippen molar-refractivity contribution >= 4 is 17.5 Å². The predicted molar refractivity (Wildman–Crippen MR) is 75.4 cm³/mol. The maximum Gasteiger partial charge on any atom is 0.274 e. The highest BCUT2D eigenvalue weighted by molar-refractivity contribution is 6.33. The van der Waals surface area contributed by atoms with E-state index in [1.165, 1.54) is 11.8 Å². The summed E-state index contributed by atoms with van der Waals surface area (Å²) < 4.78 is 0. The van der Waals surface area contributed by atoms with Crippen LogP contribution in [-0.4, -0.2) is 33.9 Å². The number of carbonyl (C=O) groups excluding carboxylic acids is 1. The number of carbonyl (C=O) groups is 1. The van der Waals surface area contributed by atoms with Crippen LogP contribution in [0.15, 0.2) is 17.8 Å². The zero-order valence-electron chi connectivity index (χ0n) is 11.5. The Labute approximate surface area is 118 Å². The van der Waals surface area contributed by atoms with Crippen LogP contribution in [0.2, 0.25) is 5.02 Å². The Bertz CT molecular complexity index is 525. The van der Waals surface area contributed by atoms with Crippen LogP contribution in [0.5, 0.6) is 0 Å². The van der Waals surface area contributed by atoms with Crippen molar-refractivity contribution in [1.82, 2.24) is 14.9 Å². The molecule has 2 rings (SSSR count). The lowest BCUT2D eigenvalue weighted by Gasteiger charge is -2.25. The number of amides is 1. The fraction of sp³-hybridized carbons (Fsp3) is 0.500. The summed E-state index contributed by atoms with van der Waals surface area (Å²) in [4.78, 5) is 22.7. The molecular formula is C14H18ClN3O. The molecule has 4 nitrogen and oxygen atoms in total. The van der Waals surface area contributed by atoms with E-state index in [1.54, 1.807) is 4.90 Å². The highest BCUT2D eigenvalue weighted by Crippen LogP contribution is 2.19. The van der Waals surface area contributed by atoms with Gasteiger partial charge < -0.3 is 4.90 Å². The highest BCUT2D eigenvalue weighted by atomic mass is 35.5. The van der Waals surface area contributed by atoms with Crippen molar-refractivity contribution in [1.29, 1.82) is 0 Å². The third-order valence-electron chi connectivity index (χ3n) is 3.21. The van der Waals surface area contributed by atoms with Crippen molar-refractivity contribution in [3.05, 3.63) is 34.4 Å². The Morgan fingerprint density at radius 3 is 2.79 bits per heavy atom. The third kappa shape index (κ3) is 3.13. The van der Waals surface area contributed by atoms with Gasteiger partial charge in [-0.15, -0.1) is 0 Å². The summed E-state index contributed by atoms with van der Waals surface area (Å²) >= 11 is 6.06. The average molecular weight is 280 g/mol. The van der Waals surface area contributed by atoms with E-state index in [2.05, 4.69) is 23.0 Å². The van der Waals surface area contributed by atoms with E-state index < -0.39 is 0 Å². The van der Waals surface area contributed by atoms with Crippen molar-refractivity contribution in [2.45, 2.75) is 33.1 Å². The monoisotopic (exact) mass is 279 g/mol. The van der Waals surface area contributed by atoms with Crippen LogP contribution in [0.25, 0.3) is 0 Å². The van der Waals surface area contributed by atoms with E-state index in [1.807, 2.05) is 13.8 Å². The first-order valence-corrected chi connectivity index (χ1v) is 6.84. The van der Waals surface area contributed by atoms with Gasteiger partial charge in [-0.05, 0) is 13.3 Å². The molecule has 1 aliphatic heterocycles. The lowest BCUT2D eigenvalue weighted by atomic mass is 10.1. The SMILES string of the molecule is CC1=CCN(C(=O)c2nc(C(C)C)ncc2Cl)CC1. The van der Waals surface area contributed by atoms with Gasteiger partial charge in [0, 0.05) is 19.0 Å². The molecule has 5 heteroatoms. The quantitative estimate of drug-likeness (QED) is 0.782. The standard InChI is InChI=1S/C14H18ClN3O/c1-9(2)13-16-8-11(15)12(17-13)14(19)18-6-4-10(3)5-7-18/h4,8-9H,5-7H2,1-3H3. The Hall–Kier alpha value is -1.42. The summed E-state index contributed by atoms with van der Waals surface area (Å²) in [5.41, 5.74) is 1.63. The van der Waals surface area contributed by atoms with Crippen LogP contribution in [0.3, 0.4) is 0 Å². The van der Waals surface area contributed by atoms with Gasteiger partial charge in [0.15, 0.2) is 5.69 Å². The van der Waals surface area contributed by atoms with Crippen LogP contribution in [0.4, 0.5) is 0 Å². The number of halogens is 1. The Kier molecular flexibility index (Phi) is 4.20. The largest absolute Gasteiger partial charge is 0.333 e. The second-order valence-electron chi connectivity index (χ2n) is 5.13. The summed E-state index contributed by atoms with van der Waals surface area (Å²) in [5.74, 6) is 0.710. The summed E-state index contributed by atoms with van der Waals surface area (Å²) in [7, 11) is 0. The Balaban J connectivity index is 2.26. The fourth-order valence-corrected chi connectivity index (χ4v) is 2.09. The van der Waals surface area contributed by atoms with Crippen LogP contribution in [-0.2, 0) is 0 Å². The summed E-state index contributed by atoms with van der Waals surface area (Å²) in [6.45, 7) is 7.41. The van der Waals surface area contributed by atoms with Gasteiger partial charge in [0.25, 0.3) is 5.91 Å². The number of hydrogen-bond donors (Lipinski definition) is 0. The fourth-order valence-electron chi connectivity index (χ4n) is 1.91. The van der Waals surface area contributed by atoms with E-state index >= 15 is 0 Å². The van der Waals surface area contributed by atoms with E-state index in [-0.39, 0.29) is 11.8 Å². The molecule has 0 aromatic carbocycles. The van der Waals surface area contributed by atoms with E-state index in [0.29, 0.717) is 23.1 Å². The molecule has 1 aromatic heterocycles. The Morgan fingerprint density at radius 1 is 1.47 bits per heavy atom. The molecule has 0 saturated carbocycles. The second-order valence-corrected chi connectivity index (χ2v) is 5.54. The molecule has 1 amide bonds. The van der Waals surface area contributed by atoms with Gasteiger partial charge in [-0.3, -0.25) is 4.79 Å². The zero-order chi connectivity index (χ0) is 14.0. The lowest BCUT2D eigenvalue weighted by Crippen LogP contribution is -2.35. The van der Waals surface area contributed by atoms with Crippen molar-refractivity contribution in [3.63, 3.8) is 0 Å². The van der Waals surface area contributed by atoms with Crippen LogP contribution in [0.1, 0.15) is 49.4 Å². The molecule has 0 spiro atoms.